The monoisotopic (exact) mass is 1290 g/mol. The van der Waals surface area contributed by atoms with Crippen LogP contribution in [0.1, 0.15) is 162 Å². The van der Waals surface area contributed by atoms with Gasteiger partial charge >= 0.3 is 17.9 Å². The highest BCUT2D eigenvalue weighted by Crippen LogP contribution is 2.25. The van der Waals surface area contributed by atoms with Crippen molar-refractivity contribution in [3.8, 4) is 0 Å². The van der Waals surface area contributed by atoms with Crippen LogP contribution in [-0.4, -0.2) is 65.4 Å². The Balaban J connectivity index is 0.000000214. The maximum Gasteiger partial charge on any atom is 0.330 e. The zero-order chi connectivity index (χ0) is 70.1. The smallest absolute Gasteiger partial charge is 0.330 e. The summed E-state index contributed by atoms with van der Waals surface area (Å²) in [6.07, 6.45) is 7.32. The van der Waals surface area contributed by atoms with Crippen molar-refractivity contribution in [2.24, 2.45) is 0 Å². The van der Waals surface area contributed by atoms with Crippen LogP contribution in [0.5, 0.6) is 0 Å². The van der Waals surface area contributed by atoms with Crippen LogP contribution in [0.15, 0.2) is 225 Å². The van der Waals surface area contributed by atoms with E-state index < -0.39 is 5.97 Å². The van der Waals surface area contributed by atoms with E-state index in [-0.39, 0.29) is 47.8 Å². The number of allylic oxidation sites excluding steroid dienone is 1. The van der Waals surface area contributed by atoms with Gasteiger partial charge in [0.2, 0.25) is 5.91 Å². The maximum atomic E-state index is 12.3. The molecule has 0 fully saturated rings. The Bertz CT molecular complexity index is 4170. The molecule has 10 aromatic rings. The Morgan fingerprint density at radius 3 is 1.27 bits per heavy atom. The van der Waals surface area contributed by atoms with Crippen LogP contribution < -0.4 is 10.6 Å². The van der Waals surface area contributed by atoms with Crippen molar-refractivity contribution in [2.45, 2.75) is 132 Å². The highest BCUT2D eigenvalue weighted by atomic mass is 16.5. The molecule has 12 heteroatoms. The number of hydrogen-bond acceptors (Lipinski definition) is 10. The molecule has 500 valence electrons. The molecule has 10 rings (SSSR count). The molecule has 0 aliphatic rings. The summed E-state index contributed by atoms with van der Waals surface area (Å²) < 4.78 is 9.19. The van der Waals surface area contributed by atoms with Crippen LogP contribution in [0.25, 0.3) is 27.4 Å². The lowest BCUT2D eigenvalue weighted by atomic mass is 9.96. The quantitative estimate of drug-likeness (QED) is 0.0424. The Hall–Kier alpha value is -10.3. The van der Waals surface area contributed by atoms with Gasteiger partial charge in [-0.25, -0.2) is 4.79 Å². The van der Waals surface area contributed by atoms with E-state index in [1.165, 1.54) is 70.2 Å². The lowest BCUT2D eigenvalue weighted by molar-refractivity contribution is -0.141. The van der Waals surface area contributed by atoms with Crippen molar-refractivity contribution >= 4 is 68.4 Å². The van der Waals surface area contributed by atoms with E-state index in [1.54, 1.807) is 13.1 Å². The number of aryl methyl sites for hydroxylation is 6. The number of nitrogens with zero attached hydrogens (tertiary/aromatic N) is 2. The number of aromatic nitrogens is 2. The summed E-state index contributed by atoms with van der Waals surface area (Å²) in [5, 5.41) is 17.3. The number of ketones is 1. The molecule has 0 saturated carbocycles. The standard InChI is InChI=1S/C20H20N2O.C20H22N2.C12H16O2.C12H14O2.C11H14O2.C9H10O/c1-14-6-5-8-16(10-14)15(2)11-20(23)22-18-12-17-7-3-4-9-19(17)21-13-18;1-15-6-5-8-17(12-15)16(2)10-11-21-19-13-18-7-3-4-9-20(18)22-14-19;2*1-9-5-4-6-11(7-9)10(2)8-12(13)14-3;1-8-4-3-5-10(6-8)9(2)7-11(12)13;1-7-4-3-5-9(6-7)8(2)10/h3-10,12-13,15H,11H2,1-2H3,(H,22,23);3-9,12-14,16,21H,10-11H2,1-2H3;4-7,10H,8H2,1-3H3;4-8H,1-3H3;3-6,9H,7H2,1-2H3,(H,12,13);3-6H,1-2H3/b;;;10-8+;;. The number of hydrogen-bond donors (Lipinski definition) is 3. The fourth-order valence-corrected chi connectivity index (χ4v) is 10.3. The predicted octanol–water partition coefficient (Wildman–Crippen LogP) is 19.8. The second-order valence-corrected chi connectivity index (χ2v) is 24.6. The number of carboxylic acids is 1. The van der Waals surface area contributed by atoms with Gasteiger partial charge in [-0.3, -0.25) is 29.1 Å². The fraction of sp³-hybridized carbons (Fsp3) is 0.274. The van der Waals surface area contributed by atoms with E-state index in [9.17, 15) is 24.0 Å². The first kappa shape index (κ1) is 76.4. The van der Waals surface area contributed by atoms with Gasteiger partial charge in [-0.2, -0.15) is 0 Å². The molecule has 0 spiro atoms. The number of carbonyl (C=O) groups excluding carboxylic acids is 4. The number of amides is 1. The van der Waals surface area contributed by atoms with Crippen LogP contribution in [0.2, 0.25) is 0 Å². The lowest BCUT2D eigenvalue weighted by Gasteiger charge is -2.14. The minimum atomic E-state index is -0.742. The number of nitrogens with one attached hydrogen (secondary N) is 2. The van der Waals surface area contributed by atoms with E-state index in [1.807, 2.05) is 200 Å². The molecule has 2 aromatic heterocycles. The summed E-state index contributed by atoms with van der Waals surface area (Å²) in [6, 6.07) is 69.1. The molecule has 0 bridgehead atoms. The van der Waals surface area contributed by atoms with Gasteiger partial charge in [-0.15, -0.1) is 0 Å². The Kier molecular flexibility index (Phi) is 31.9. The largest absolute Gasteiger partial charge is 0.481 e. The fourth-order valence-electron chi connectivity index (χ4n) is 10.3. The number of pyridine rings is 2. The van der Waals surface area contributed by atoms with Gasteiger partial charge in [0, 0.05) is 35.4 Å². The van der Waals surface area contributed by atoms with Crippen LogP contribution >= 0.6 is 0 Å². The zero-order valence-electron chi connectivity index (χ0n) is 58.4. The van der Waals surface area contributed by atoms with Crippen LogP contribution in [0.3, 0.4) is 0 Å². The van der Waals surface area contributed by atoms with Gasteiger partial charge in [0.25, 0.3) is 0 Å². The molecule has 1 amide bonds. The normalized spacial score (nSPS) is 11.8. The van der Waals surface area contributed by atoms with Gasteiger partial charge in [0.1, 0.15) is 0 Å². The molecule has 3 N–H and O–H groups in total. The summed E-state index contributed by atoms with van der Waals surface area (Å²) >= 11 is 0. The average Bonchev–Trinajstić information content (AvgIpc) is 0.977. The van der Waals surface area contributed by atoms with Crippen molar-refractivity contribution in [3.63, 3.8) is 0 Å². The number of rotatable bonds is 18. The second-order valence-electron chi connectivity index (χ2n) is 24.6. The van der Waals surface area contributed by atoms with Crippen molar-refractivity contribution in [3.05, 3.63) is 291 Å². The van der Waals surface area contributed by atoms with E-state index in [2.05, 4.69) is 118 Å². The highest BCUT2D eigenvalue weighted by molar-refractivity contribution is 5.95. The Morgan fingerprint density at radius 1 is 0.448 bits per heavy atom. The average molecular weight is 1290 g/mol. The molecule has 0 saturated heterocycles. The molecule has 4 atom stereocenters. The number of ether oxygens (including phenoxy) is 2. The van der Waals surface area contributed by atoms with Crippen molar-refractivity contribution in [1.82, 2.24) is 9.97 Å². The Morgan fingerprint density at radius 2 is 0.844 bits per heavy atom. The van der Waals surface area contributed by atoms with E-state index >= 15 is 0 Å². The van der Waals surface area contributed by atoms with Crippen LogP contribution in [0.4, 0.5) is 11.4 Å². The van der Waals surface area contributed by atoms with Gasteiger partial charge in [0.05, 0.1) is 61.9 Å². The van der Waals surface area contributed by atoms with Gasteiger partial charge < -0.3 is 25.2 Å². The topological polar surface area (TPSA) is 174 Å². The van der Waals surface area contributed by atoms with Crippen LogP contribution in [-0.2, 0) is 28.7 Å². The number of anilines is 2. The molecule has 4 unspecified atom stereocenters. The second kappa shape index (κ2) is 40.0. The number of para-hydroxylation sites is 2. The van der Waals surface area contributed by atoms with Crippen LogP contribution in [0, 0.1) is 41.5 Å². The minimum absolute atomic E-state index is 0.0103. The summed E-state index contributed by atoms with van der Waals surface area (Å²) in [5.41, 5.74) is 18.7. The molecule has 12 nitrogen and oxygen atoms in total. The SMILES string of the molecule is CC(=O)c1cccc(C)c1.COC(=O)/C=C(\C)c1cccc(C)c1.COC(=O)CC(C)c1cccc(C)c1.Cc1cccc(C(C)CC(=O)Nc2cnc3ccccc3c2)c1.Cc1cccc(C(C)CC(=O)O)c1.Cc1cccc(C(C)CCNc2cnc3ccccc3c2)c1. The number of fused-ring (bicyclic) bond motifs is 2. The first-order valence-electron chi connectivity index (χ1n) is 32.6. The van der Waals surface area contributed by atoms with Crippen molar-refractivity contribution < 1.29 is 38.6 Å². The molecule has 96 heavy (non-hydrogen) atoms. The number of carboxylic acid groups (broad SMARTS) is 1. The molecular weight excluding hydrogens is 1190 g/mol. The number of methoxy groups -OCH3 is 2. The maximum absolute atomic E-state index is 12.3. The number of benzene rings is 8. The minimum Gasteiger partial charge on any atom is -0.481 e. The number of Topliss-reactive ketones (excluding diaryl/α,β-unsaturated/α-hetero) is 1. The summed E-state index contributed by atoms with van der Waals surface area (Å²) in [7, 11) is 2.80. The first-order chi connectivity index (χ1) is 45.9. The predicted molar refractivity (Wildman–Crippen MR) is 395 cm³/mol. The van der Waals surface area contributed by atoms with E-state index in [4.69, 9.17) is 5.11 Å². The first-order valence-corrected chi connectivity index (χ1v) is 32.6. The summed E-state index contributed by atoms with van der Waals surface area (Å²) in [4.78, 5) is 64.4. The molecule has 0 radical (unpaired) electrons. The Labute approximate surface area is 569 Å². The lowest BCUT2D eigenvalue weighted by Crippen LogP contribution is -2.14. The molecule has 0 aliphatic heterocycles. The summed E-state index contributed by atoms with van der Waals surface area (Å²) in [5.74, 6) is -0.0133. The van der Waals surface area contributed by atoms with Gasteiger partial charge in [0.15, 0.2) is 5.78 Å². The number of carbonyl (C=O) groups is 5. The zero-order valence-corrected chi connectivity index (χ0v) is 58.4. The van der Waals surface area contributed by atoms with Gasteiger partial charge in [-0.05, 0) is 149 Å². The molecule has 0 aliphatic carbocycles. The molecular formula is C84H96N4O8. The molecule has 2 heterocycles. The van der Waals surface area contributed by atoms with E-state index in [0.717, 1.165) is 68.6 Å². The summed E-state index contributed by atoms with van der Waals surface area (Å²) in [6.45, 7) is 25.0. The van der Waals surface area contributed by atoms with Crippen molar-refractivity contribution in [2.75, 3.05) is 31.4 Å². The third-order valence-electron chi connectivity index (χ3n) is 15.9. The highest BCUT2D eigenvalue weighted by Gasteiger charge is 2.14. The van der Waals surface area contributed by atoms with E-state index in [0.29, 0.717) is 18.8 Å². The molecule has 8 aromatic carbocycles. The third-order valence-corrected chi connectivity index (χ3v) is 15.9. The van der Waals surface area contributed by atoms with Crippen molar-refractivity contribution in [1.29, 1.82) is 0 Å². The third kappa shape index (κ3) is 27.7. The van der Waals surface area contributed by atoms with Gasteiger partial charge in [-0.1, -0.05) is 237 Å². The number of aliphatic carboxylic acids is 1. The number of esters is 2.